The molecule has 1 aromatic rings. The molecule has 11 heteroatoms. The molecule has 0 amide bonds. The number of nitrogens with zero attached hydrogens (tertiary/aromatic N) is 2. The van der Waals surface area contributed by atoms with Crippen LogP contribution in [0.1, 0.15) is 45.4 Å². The van der Waals surface area contributed by atoms with E-state index in [2.05, 4.69) is 41.8 Å². The minimum Gasteiger partial charge on any atom is -0.391 e. The van der Waals surface area contributed by atoms with Crippen LogP contribution in [-0.4, -0.2) is 25.3 Å². The lowest BCUT2D eigenvalue weighted by atomic mass is 10.1. The third-order valence-electron chi connectivity index (χ3n) is 2.59. The van der Waals surface area contributed by atoms with Gasteiger partial charge in [0.1, 0.15) is 12.4 Å². The Bertz CT molecular complexity index is 364. The van der Waals surface area contributed by atoms with Crippen molar-refractivity contribution in [2.45, 2.75) is 52.0 Å². The van der Waals surface area contributed by atoms with Crippen molar-refractivity contribution in [3.63, 3.8) is 0 Å². The Morgan fingerprint density at radius 3 is 1.78 bits per heavy atom. The summed E-state index contributed by atoms with van der Waals surface area (Å²) in [6, 6.07) is 0. The maximum absolute atomic E-state index is 4.99. The highest BCUT2D eigenvalue weighted by Gasteiger charge is 2.14. The van der Waals surface area contributed by atoms with Crippen molar-refractivity contribution in [1.29, 1.82) is 0 Å². The number of hydrogen-bond acceptors (Lipinski definition) is 0. The number of aromatic nitrogens is 2. The third kappa shape index (κ3) is 32.4. The van der Waals surface area contributed by atoms with Gasteiger partial charge >= 0.3 is 20.8 Å². The Hall–Kier alpha value is 2.30. The summed E-state index contributed by atoms with van der Waals surface area (Å²) in [4.78, 5) is 0. The van der Waals surface area contributed by atoms with Crippen LogP contribution in [0.2, 0.25) is 0 Å². The van der Waals surface area contributed by atoms with Gasteiger partial charge in [0.15, 0.2) is 0 Å². The highest BCUT2D eigenvalue weighted by molar-refractivity contribution is 7.81. The van der Waals surface area contributed by atoms with Gasteiger partial charge in [0.25, 0.3) is 0 Å². The first kappa shape index (κ1) is 27.5. The van der Waals surface area contributed by atoms with Crippen LogP contribution in [0, 0.1) is 0 Å². The molecule has 0 radical (unpaired) electrons. The summed E-state index contributed by atoms with van der Waals surface area (Å²) in [6.07, 6.45) is 14.6. The zero-order valence-corrected chi connectivity index (χ0v) is 21.0. The standard InChI is InChI=1S/C12H23N2.2Al.7ClH/c1-3-4-5-6-7-8-9-14-11-10-13(2)12-14;;;;;;;;;/h10-12H,3-9H2,1-2H3;;;7*1H/q+1;2*+3;;;;;;;/p-7. The van der Waals surface area contributed by atoms with Gasteiger partial charge in [0, 0.05) is 0 Å². The summed E-state index contributed by atoms with van der Waals surface area (Å²) in [7, 11) is 33.9. The van der Waals surface area contributed by atoms with Crippen molar-refractivity contribution in [2.24, 2.45) is 7.05 Å². The third-order valence-corrected chi connectivity index (χ3v) is 2.59. The van der Waals surface area contributed by atoms with Gasteiger partial charge in [-0.2, -0.15) is 0 Å². The fourth-order valence-electron chi connectivity index (χ4n) is 1.71. The Labute approximate surface area is 176 Å². The van der Waals surface area contributed by atoms with Gasteiger partial charge in [0.05, 0.1) is 13.6 Å². The van der Waals surface area contributed by atoms with Gasteiger partial charge in [-0.25, -0.2) is 39.3 Å². The Balaban J connectivity index is 0. The lowest BCUT2D eigenvalue weighted by molar-refractivity contribution is -0.671. The predicted octanol–water partition coefficient (Wildman–Crippen LogP) is 6.74. The second-order valence-electron chi connectivity index (χ2n) is 4.83. The van der Waals surface area contributed by atoms with E-state index in [9.17, 15) is 0 Å². The zero-order chi connectivity index (χ0) is 18.3. The molecule has 0 unspecified atom stereocenters. The summed E-state index contributed by atoms with van der Waals surface area (Å²) in [5, 5.41) is 0. The first-order valence-electron chi connectivity index (χ1n) is 7.36. The Morgan fingerprint density at radius 1 is 0.957 bits per heavy atom. The number of rotatable bonds is 7. The fraction of sp³-hybridized carbons (Fsp3) is 0.750. The molecule has 1 rings (SSSR count). The summed E-state index contributed by atoms with van der Waals surface area (Å²) in [5.74, 6) is 0. The van der Waals surface area contributed by atoms with Crippen LogP contribution in [-0.2, 0) is 13.6 Å². The molecule has 0 N–H and O–H groups in total. The number of halogens is 7. The van der Waals surface area contributed by atoms with Crippen LogP contribution in [0.5, 0.6) is 0 Å². The van der Waals surface area contributed by atoms with Crippen molar-refractivity contribution in [3.05, 3.63) is 18.7 Å². The first-order chi connectivity index (χ1) is 10.6. The van der Waals surface area contributed by atoms with Gasteiger partial charge in [-0.1, -0.05) is 32.6 Å². The smallest absolute Gasteiger partial charge is 0.391 e. The van der Waals surface area contributed by atoms with Crippen molar-refractivity contribution < 1.29 is 4.57 Å². The normalized spacial score (nSPS) is 10.3. The summed E-state index contributed by atoms with van der Waals surface area (Å²) >= 11 is -1.72. The maximum Gasteiger partial charge on any atom is 0.643 e. The molecule has 0 saturated carbocycles. The van der Waals surface area contributed by atoms with Crippen molar-refractivity contribution in [2.75, 3.05) is 0 Å². The SMILES string of the molecule is CCCCCCCCn1cc[n+](C)c1.[Cl][Al-]([Cl])([Cl])[Cl].[Cl][Al]([Cl])[Cl]. The first-order valence-corrected chi connectivity index (χ1v) is 19.6. The van der Waals surface area contributed by atoms with Crippen LogP contribution in [0.15, 0.2) is 18.7 Å². The highest BCUT2D eigenvalue weighted by Crippen LogP contribution is 2.23. The van der Waals surface area contributed by atoms with Crippen LogP contribution in [0.3, 0.4) is 0 Å². The topological polar surface area (TPSA) is 8.81 Å². The summed E-state index contributed by atoms with van der Waals surface area (Å²) < 4.78 is 4.36. The van der Waals surface area contributed by atoms with Gasteiger partial charge in [-0.3, -0.25) is 0 Å². The molecule has 0 spiro atoms. The van der Waals surface area contributed by atoms with Crippen LogP contribution < -0.4 is 4.57 Å². The van der Waals surface area contributed by atoms with Gasteiger partial charge in [-0.05, 0) is 12.8 Å². The second-order valence-corrected chi connectivity index (χ2v) is 24.1. The molecule has 0 bridgehead atoms. The van der Waals surface area contributed by atoms with Crippen molar-refractivity contribution >= 4 is 91.1 Å². The largest absolute Gasteiger partial charge is 0.643 e. The molecule has 136 valence electrons. The number of unbranched alkanes of at least 4 members (excludes halogenated alkanes) is 5. The van der Waals surface area contributed by atoms with Crippen LogP contribution in [0.4, 0.5) is 0 Å². The van der Waals surface area contributed by atoms with Crippen molar-refractivity contribution in [1.82, 2.24) is 4.57 Å². The van der Waals surface area contributed by atoms with Gasteiger partial charge in [0.2, 0.25) is 6.33 Å². The van der Waals surface area contributed by atoms with E-state index in [0.717, 1.165) is 0 Å². The molecular weight excluding hydrogens is 474 g/mol. The van der Waals surface area contributed by atoms with Gasteiger partial charge < -0.3 is 40.2 Å². The molecular formula is C12H23Al2Cl7N2. The number of aryl methyl sites for hydroxylation is 2. The molecule has 0 aromatic carbocycles. The summed E-state index contributed by atoms with van der Waals surface area (Å²) in [5.41, 5.74) is 0. The summed E-state index contributed by atoms with van der Waals surface area (Å²) in [6.45, 7) is 3.44. The minimum atomic E-state index is -2.94. The molecule has 0 fully saturated rings. The molecule has 23 heavy (non-hydrogen) atoms. The van der Waals surface area contributed by atoms with E-state index in [1.807, 2.05) is 0 Å². The molecule has 0 aliphatic heterocycles. The minimum absolute atomic E-state index is 1.17. The number of hydrogen-bond donors (Lipinski definition) is 0. The molecule has 0 saturated heterocycles. The van der Waals surface area contributed by atoms with E-state index >= 15 is 0 Å². The highest BCUT2D eigenvalue weighted by atomic mass is 35.9. The number of imidazole rings is 1. The molecule has 0 aliphatic rings. The second kappa shape index (κ2) is 17.7. The van der Waals surface area contributed by atoms with Crippen molar-refractivity contribution in [3.8, 4) is 0 Å². The Kier molecular flexibility index (Phi) is 21.2. The zero-order valence-electron chi connectivity index (χ0n) is 13.4. The Morgan fingerprint density at radius 2 is 1.39 bits per heavy atom. The quantitative estimate of drug-likeness (QED) is 0.224. The average Bonchev–Trinajstić information content (AvgIpc) is 2.77. The van der Waals surface area contributed by atoms with E-state index in [1.165, 1.54) is 45.1 Å². The maximum atomic E-state index is 4.99. The molecule has 0 aliphatic carbocycles. The van der Waals surface area contributed by atoms with E-state index in [0.29, 0.717) is 0 Å². The van der Waals surface area contributed by atoms with Crippen LogP contribution >= 0.6 is 70.3 Å². The monoisotopic (exact) mass is 494 g/mol. The van der Waals surface area contributed by atoms with E-state index in [4.69, 9.17) is 70.3 Å². The van der Waals surface area contributed by atoms with E-state index in [-0.39, 0.29) is 0 Å². The van der Waals surface area contributed by atoms with E-state index in [1.54, 1.807) is 0 Å². The molecule has 1 heterocycles. The lowest BCUT2D eigenvalue weighted by Crippen LogP contribution is -2.23. The average molecular weight is 497 g/mol. The van der Waals surface area contributed by atoms with Gasteiger partial charge in [-0.15, -0.1) is 0 Å². The predicted molar refractivity (Wildman–Crippen MR) is 111 cm³/mol. The lowest BCUT2D eigenvalue weighted by Gasteiger charge is -1.98. The van der Waals surface area contributed by atoms with E-state index < -0.39 is 20.8 Å². The molecule has 2 nitrogen and oxygen atoms in total. The molecule has 1 aromatic heterocycles. The molecule has 0 atom stereocenters. The fourth-order valence-corrected chi connectivity index (χ4v) is 1.71. The van der Waals surface area contributed by atoms with Crippen LogP contribution in [0.25, 0.3) is 0 Å².